The number of ether oxygens (including phenoxy) is 1. The zero-order chi connectivity index (χ0) is 10.6. The van der Waals surface area contributed by atoms with E-state index in [0.29, 0.717) is 13.0 Å². The van der Waals surface area contributed by atoms with E-state index in [0.717, 1.165) is 19.4 Å². The highest BCUT2D eigenvalue weighted by Crippen LogP contribution is 1.96. The van der Waals surface area contributed by atoms with Crippen LogP contribution in [0.5, 0.6) is 0 Å². The van der Waals surface area contributed by atoms with Crippen LogP contribution in [0.25, 0.3) is 0 Å². The highest BCUT2D eigenvalue weighted by atomic mass is 16.5. The zero-order valence-electron chi connectivity index (χ0n) is 8.58. The van der Waals surface area contributed by atoms with Gasteiger partial charge in [-0.15, -0.1) is 0 Å². The Morgan fingerprint density at radius 3 is 2.93 bits per heavy atom. The Bertz CT molecular complexity index is 191. The molecule has 2 N–H and O–H groups in total. The van der Waals surface area contributed by atoms with Crippen LogP contribution in [0.15, 0.2) is 12.3 Å². The molecule has 0 spiro atoms. The average Bonchev–Trinajstić information content (AvgIpc) is 2.17. The van der Waals surface area contributed by atoms with E-state index in [1.807, 2.05) is 6.92 Å². The molecule has 0 bridgehead atoms. The topological polar surface area (TPSA) is 62.2 Å². The van der Waals surface area contributed by atoms with E-state index in [1.54, 1.807) is 12.3 Å². The van der Waals surface area contributed by atoms with E-state index in [1.165, 1.54) is 6.21 Å². The largest absolute Gasteiger partial charge is 0.466 e. The molecular weight excluding hydrogens is 180 g/mol. The molecule has 0 aromatic carbocycles. The maximum Gasteiger partial charge on any atom is 0.305 e. The molecule has 0 saturated heterocycles. The Morgan fingerprint density at radius 1 is 1.50 bits per heavy atom. The molecule has 0 aromatic rings. The molecule has 0 heterocycles. The molecule has 0 rings (SSSR count). The Kier molecular flexibility index (Phi) is 8.84. The molecule has 4 heteroatoms. The first-order chi connectivity index (χ1) is 6.81. The first-order valence-electron chi connectivity index (χ1n) is 4.86. The van der Waals surface area contributed by atoms with E-state index < -0.39 is 0 Å². The summed E-state index contributed by atoms with van der Waals surface area (Å²) >= 11 is 0. The van der Waals surface area contributed by atoms with Gasteiger partial charge >= 0.3 is 5.97 Å². The lowest BCUT2D eigenvalue weighted by Gasteiger charge is -2.01. The van der Waals surface area contributed by atoms with Crippen LogP contribution in [0.2, 0.25) is 0 Å². The van der Waals surface area contributed by atoms with E-state index in [2.05, 4.69) is 5.32 Å². The Labute approximate surface area is 84.8 Å². The summed E-state index contributed by atoms with van der Waals surface area (Å²) in [6, 6.07) is 0. The van der Waals surface area contributed by atoms with Crippen LogP contribution in [-0.2, 0) is 9.53 Å². The lowest BCUT2D eigenvalue weighted by atomic mass is 10.2. The van der Waals surface area contributed by atoms with Crippen molar-refractivity contribution in [3.63, 3.8) is 0 Å². The predicted octanol–water partition coefficient (Wildman–Crippen LogP) is 1.47. The van der Waals surface area contributed by atoms with Gasteiger partial charge in [0.2, 0.25) is 0 Å². The number of allylic oxidation sites excluding steroid dienone is 1. The van der Waals surface area contributed by atoms with Crippen molar-refractivity contribution in [3.05, 3.63) is 12.3 Å². The normalized spacial score (nSPS) is 10.1. The number of hydrogen-bond donors (Lipinski definition) is 2. The Balaban J connectivity index is 3.16. The monoisotopic (exact) mass is 198 g/mol. The van der Waals surface area contributed by atoms with Gasteiger partial charge in [-0.2, -0.15) is 0 Å². The van der Waals surface area contributed by atoms with Crippen LogP contribution in [0.1, 0.15) is 26.2 Å². The molecule has 0 aliphatic heterocycles. The van der Waals surface area contributed by atoms with Crippen molar-refractivity contribution in [1.82, 2.24) is 5.32 Å². The molecule has 0 aromatic heterocycles. The van der Waals surface area contributed by atoms with Crippen molar-refractivity contribution in [1.29, 1.82) is 5.41 Å². The molecule has 0 atom stereocenters. The summed E-state index contributed by atoms with van der Waals surface area (Å²) in [7, 11) is 0. The number of carbonyl (C=O) groups excluding carboxylic acids is 1. The quantitative estimate of drug-likeness (QED) is 0.353. The summed E-state index contributed by atoms with van der Waals surface area (Å²) in [5.41, 5.74) is 0. The first-order valence-corrected chi connectivity index (χ1v) is 4.86. The van der Waals surface area contributed by atoms with Gasteiger partial charge in [0, 0.05) is 19.2 Å². The predicted molar refractivity (Wildman–Crippen MR) is 56.4 cm³/mol. The molecule has 80 valence electrons. The van der Waals surface area contributed by atoms with Crippen molar-refractivity contribution >= 4 is 12.2 Å². The van der Waals surface area contributed by atoms with Crippen molar-refractivity contribution in [3.8, 4) is 0 Å². The van der Waals surface area contributed by atoms with E-state index in [9.17, 15) is 4.79 Å². The van der Waals surface area contributed by atoms with Crippen LogP contribution in [0.4, 0.5) is 0 Å². The maximum absolute atomic E-state index is 10.9. The molecule has 0 aliphatic rings. The lowest BCUT2D eigenvalue weighted by molar-refractivity contribution is -0.143. The fraction of sp³-hybridized carbons (Fsp3) is 0.600. The lowest BCUT2D eigenvalue weighted by Crippen LogP contribution is -2.09. The number of rotatable bonds is 8. The molecule has 0 amide bonds. The summed E-state index contributed by atoms with van der Waals surface area (Å²) in [4.78, 5) is 10.9. The van der Waals surface area contributed by atoms with Gasteiger partial charge in [-0.25, -0.2) is 0 Å². The minimum atomic E-state index is -0.123. The maximum atomic E-state index is 10.9. The van der Waals surface area contributed by atoms with Gasteiger partial charge in [-0.3, -0.25) is 4.79 Å². The van der Waals surface area contributed by atoms with Crippen molar-refractivity contribution in [2.24, 2.45) is 0 Å². The number of unbranched alkanes of at least 4 members (excludes halogenated alkanes) is 1. The van der Waals surface area contributed by atoms with Crippen LogP contribution in [-0.4, -0.2) is 25.3 Å². The highest BCUT2D eigenvalue weighted by molar-refractivity contribution is 5.69. The van der Waals surface area contributed by atoms with Crippen LogP contribution in [0.3, 0.4) is 0 Å². The molecule has 0 saturated carbocycles. The smallest absolute Gasteiger partial charge is 0.305 e. The van der Waals surface area contributed by atoms with Gasteiger partial charge in [0.05, 0.1) is 6.61 Å². The fourth-order valence-electron chi connectivity index (χ4n) is 0.929. The molecule has 14 heavy (non-hydrogen) atoms. The number of esters is 1. The third-order valence-corrected chi connectivity index (χ3v) is 1.57. The van der Waals surface area contributed by atoms with Gasteiger partial charge in [0.25, 0.3) is 0 Å². The van der Waals surface area contributed by atoms with Gasteiger partial charge in [-0.1, -0.05) is 0 Å². The third-order valence-electron chi connectivity index (χ3n) is 1.57. The molecule has 0 radical (unpaired) electrons. The van der Waals surface area contributed by atoms with Gasteiger partial charge in [-0.05, 0) is 32.0 Å². The number of carbonyl (C=O) groups is 1. The first kappa shape index (κ1) is 12.7. The molecular formula is C10H18N2O2. The SMILES string of the molecule is CCOC(=O)CCCCN/C=C\C=N. The molecule has 0 fully saturated rings. The standard InChI is InChI=1S/C10H18N2O2/c1-2-14-10(13)6-3-4-8-12-9-5-7-11/h5,7,9,11-12H,2-4,6,8H2,1H3/b9-5-,11-7?. The van der Waals surface area contributed by atoms with E-state index in [4.69, 9.17) is 10.1 Å². The average molecular weight is 198 g/mol. The summed E-state index contributed by atoms with van der Waals surface area (Å²) in [5.74, 6) is -0.123. The molecule has 0 unspecified atom stereocenters. The zero-order valence-corrected chi connectivity index (χ0v) is 8.58. The second-order valence-electron chi connectivity index (χ2n) is 2.74. The Morgan fingerprint density at radius 2 is 2.29 bits per heavy atom. The summed E-state index contributed by atoms with van der Waals surface area (Å²) < 4.78 is 4.78. The van der Waals surface area contributed by atoms with Crippen LogP contribution >= 0.6 is 0 Å². The number of nitrogens with one attached hydrogen (secondary N) is 2. The van der Waals surface area contributed by atoms with Crippen molar-refractivity contribution in [2.45, 2.75) is 26.2 Å². The summed E-state index contributed by atoms with van der Waals surface area (Å²) in [6.45, 7) is 3.09. The van der Waals surface area contributed by atoms with Crippen molar-refractivity contribution in [2.75, 3.05) is 13.2 Å². The minimum absolute atomic E-state index is 0.123. The molecule has 0 aliphatic carbocycles. The fourth-order valence-corrected chi connectivity index (χ4v) is 0.929. The highest BCUT2D eigenvalue weighted by Gasteiger charge is 1.99. The van der Waals surface area contributed by atoms with Gasteiger partial charge in [0.1, 0.15) is 0 Å². The third kappa shape index (κ3) is 8.77. The van der Waals surface area contributed by atoms with Crippen LogP contribution < -0.4 is 5.32 Å². The van der Waals surface area contributed by atoms with E-state index >= 15 is 0 Å². The van der Waals surface area contributed by atoms with Gasteiger partial charge in [0.15, 0.2) is 0 Å². The van der Waals surface area contributed by atoms with Gasteiger partial charge < -0.3 is 15.5 Å². The number of hydrogen-bond acceptors (Lipinski definition) is 4. The van der Waals surface area contributed by atoms with Crippen LogP contribution in [0, 0.1) is 5.41 Å². The summed E-state index contributed by atoms with van der Waals surface area (Å²) in [6.07, 6.45) is 6.81. The second kappa shape index (κ2) is 9.77. The van der Waals surface area contributed by atoms with E-state index in [-0.39, 0.29) is 5.97 Å². The minimum Gasteiger partial charge on any atom is -0.466 e. The Hall–Kier alpha value is -1.32. The second-order valence-corrected chi connectivity index (χ2v) is 2.74. The molecule has 4 nitrogen and oxygen atoms in total. The summed E-state index contributed by atoms with van der Waals surface area (Å²) in [5, 5.41) is 9.72. The van der Waals surface area contributed by atoms with Crippen molar-refractivity contribution < 1.29 is 9.53 Å².